The molecule has 2 unspecified atom stereocenters. The summed E-state index contributed by atoms with van der Waals surface area (Å²) >= 11 is 0. The van der Waals surface area contributed by atoms with E-state index in [0.717, 1.165) is 12.8 Å². The first kappa shape index (κ1) is 37.1. The lowest BCUT2D eigenvalue weighted by molar-refractivity contribution is -0.131. The number of rotatable bonds is 14. The van der Waals surface area contributed by atoms with Crippen molar-refractivity contribution >= 4 is 48.5 Å². The quantitative estimate of drug-likeness (QED) is 0.145. The van der Waals surface area contributed by atoms with Crippen molar-refractivity contribution < 1.29 is 25.7 Å². The van der Waals surface area contributed by atoms with E-state index in [1.165, 1.54) is 6.08 Å². The SMILES string of the molecule is C=CC(=O)O[Si](O[Si](O[Si](C)(C)C)(O[Si](C)(C)C(C)(C)C)O[Si](C)(C)C(C)(C)C)(C(C)CC)C(C)CC. The van der Waals surface area contributed by atoms with E-state index in [-0.39, 0.29) is 21.2 Å². The Hall–Kier alpha value is 0.134. The first-order valence-corrected chi connectivity index (χ1v) is 26.7. The van der Waals surface area contributed by atoms with Crippen LogP contribution in [-0.4, -0.2) is 48.5 Å². The highest BCUT2D eigenvalue weighted by Crippen LogP contribution is 2.48. The molecule has 0 aliphatic heterocycles. The lowest BCUT2D eigenvalue weighted by Gasteiger charge is -2.52. The Morgan fingerprint density at radius 2 is 1.08 bits per heavy atom. The van der Waals surface area contributed by atoms with Gasteiger partial charge in [-0.2, -0.15) is 0 Å². The zero-order chi connectivity index (χ0) is 29.9. The maximum Gasteiger partial charge on any atom is 0.639 e. The molecule has 6 nitrogen and oxygen atoms in total. The summed E-state index contributed by atoms with van der Waals surface area (Å²) in [6.07, 6.45) is 2.85. The number of hydrogen-bond donors (Lipinski definition) is 0. The average molecular weight is 609 g/mol. The van der Waals surface area contributed by atoms with Gasteiger partial charge in [-0.1, -0.05) is 88.7 Å². The molecule has 0 N–H and O–H groups in total. The Labute approximate surface area is 235 Å². The molecule has 220 valence electrons. The van der Waals surface area contributed by atoms with Crippen LogP contribution in [0.15, 0.2) is 12.7 Å². The second-order valence-corrected chi connectivity index (χ2v) is 35.7. The zero-order valence-corrected chi connectivity index (χ0v) is 32.3. The summed E-state index contributed by atoms with van der Waals surface area (Å²) in [7, 11) is -14.3. The van der Waals surface area contributed by atoms with E-state index < -0.39 is 48.5 Å². The number of hydrogen-bond acceptors (Lipinski definition) is 6. The third-order valence-corrected chi connectivity index (χ3v) is 31.2. The summed E-state index contributed by atoms with van der Waals surface area (Å²) < 4.78 is 35.3. The predicted molar refractivity (Wildman–Crippen MR) is 169 cm³/mol. The van der Waals surface area contributed by atoms with Gasteiger partial charge in [0.15, 0.2) is 25.0 Å². The highest BCUT2D eigenvalue weighted by Gasteiger charge is 2.66. The fraction of sp³-hybridized carbons (Fsp3) is 0.885. The number of carbonyl (C=O) groups is 1. The molecular weight excluding hydrogens is 549 g/mol. The molecule has 11 heteroatoms. The van der Waals surface area contributed by atoms with E-state index in [2.05, 4.69) is 122 Å². The normalized spacial score (nSPS) is 17.6. The van der Waals surface area contributed by atoms with Gasteiger partial charge in [0.25, 0.3) is 0 Å². The van der Waals surface area contributed by atoms with E-state index in [4.69, 9.17) is 20.9 Å². The summed E-state index contributed by atoms with van der Waals surface area (Å²) in [5.74, 6) is -0.456. The molecule has 0 saturated heterocycles. The van der Waals surface area contributed by atoms with Crippen LogP contribution in [0.25, 0.3) is 0 Å². The molecule has 0 radical (unpaired) electrons. The average Bonchev–Trinajstić information content (AvgIpc) is 2.67. The fourth-order valence-electron chi connectivity index (χ4n) is 3.30. The summed E-state index contributed by atoms with van der Waals surface area (Å²) in [6, 6.07) is 0. The summed E-state index contributed by atoms with van der Waals surface area (Å²) in [6.45, 7) is 40.7. The van der Waals surface area contributed by atoms with Crippen molar-refractivity contribution in [2.24, 2.45) is 0 Å². The molecule has 0 bridgehead atoms. The molecule has 0 heterocycles. The van der Waals surface area contributed by atoms with Gasteiger partial charge in [0, 0.05) is 17.2 Å². The maximum absolute atomic E-state index is 12.9. The molecule has 0 rings (SSSR count). The molecule has 0 aliphatic rings. The molecule has 0 aromatic rings. The van der Waals surface area contributed by atoms with Crippen molar-refractivity contribution in [1.29, 1.82) is 0 Å². The van der Waals surface area contributed by atoms with Gasteiger partial charge in [0.05, 0.1) is 0 Å². The van der Waals surface area contributed by atoms with Crippen LogP contribution in [0, 0.1) is 0 Å². The first-order valence-electron chi connectivity index (χ1n) is 13.9. The van der Waals surface area contributed by atoms with Crippen molar-refractivity contribution in [2.45, 2.75) is 149 Å². The van der Waals surface area contributed by atoms with Gasteiger partial charge in [0.2, 0.25) is 0 Å². The van der Waals surface area contributed by atoms with Crippen LogP contribution in [0.3, 0.4) is 0 Å². The summed E-state index contributed by atoms with van der Waals surface area (Å²) in [5, 5.41) is -0.189. The van der Waals surface area contributed by atoms with Crippen LogP contribution >= 0.6 is 0 Å². The van der Waals surface area contributed by atoms with E-state index in [1.54, 1.807) is 0 Å². The van der Waals surface area contributed by atoms with E-state index >= 15 is 0 Å². The summed E-state index contributed by atoms with van der Waals surface area (Å²) in [5.41, 5.74) is 0.0176. The first-order chi connectivity index (χ1) is 16.2. The van der Waals surface area contributed by atoms with Gasteiger partial charge in [-0.05, 0) is 55.9 Å². The Bertz CT molecular complexity index is 727. The minimum absolute atomic E-state index is 0.00879. The van der Waals surface area contributed by atoms with Crippen LogP contribution in [0.2, 0.25) is 67.0 Å². The predicted octanol–water partition coefficient (Wildman–Crippen LogP) is 9.11. The molecule has 0 aromatic heterocycles. The van der Waals surface area contributed by atoms with Crippen molar-refractivity contribution in [1.82, 2.24) is 0 Å². The minimum Gasteiger partial charge on any atom is -0.491 e. The molecule has 37 heavy (non-hydrogen) atoms. The second kappa shape index (κ2) is 12.8. The largest absolute Gasteiger partial charge is 0.639 e. The number of carbonyl (C=O) groups excluding carboxylic acids is 1. The molecule has 0 aliphatic carbocycles. The molecule has 2 atom stereocenters. The van der Waals surface area contributed by atoms with Crippen LogP contribution < -0.4 is 0 Å². The Morgan fingerprint density at radius 3 is 1.32 bits per heavy atom. The molecule has 0 fully saturated rings. The van der Waals surface area contributed by atoms with Gasteiger partial charge >= 0.3 is 23.6 Å². The van der Waals surface area contributed by atoms with Crippen molar-refractivity contribution in [3.05, 3.63) is 12.7 Å². The van der Waals surface area contributed by atoms with Crippen LogP contribution in [0.5, 0.6) is 0 Å². The lowest BCUT2D eigenvalue weighted by Crippen LogP contribution is -2.71. The van der Waals surface area contributed by atoms with Crippen LogP contribution in [0.1, 0.15) is 82.1 Å². The Kier molecular flexibility index (Phi) is 12.8. The van der Waals surface area contributed by atoms with Crippen molar-refractivity contribution in [2.75, 3.05) is 0 Å². The van der Waals surface area contributed by atoms with Gasteiger partial charge in [-0.3, -0.25) is 0 Å². The Morgan fingerprint density at radius 1 is 0.730 bits per heavy atom. The van der Waals surface area contributed by atoms with Gasteiger partial charge in [-0.25, -0.2) is 4.79 Å². The maximum atomic E-state index is 12.9. The van der Waals surface area contributed by atoms with E-state index in [9.17, 15) is 4.79 Å². The van der Waals surface area contributed by atoms with Crippen LogP contribution in [0.4, 0.5) is 0 Å². The van der Waals surface area contributed by atoms with Gasteiger partial charge in [0.1, 0.15) is 0 Å². The highest BCUT2D eigenvalue weighted by molar-refractivity contribution is 6.93. The molecular formula is C26H60O6Si5. The van der Waals surface area contributed by atoms with Crippen molar-refractivity contribution in [3.8, 4) is 0 Å². The van der Waals surface area contributed by atoms with Crippen LogP contribution in [-0.2, 0) is 25.7 Å². The molecule has 0 amide bonds. The summed E-state index contributed by atoms with van der Waals surface area (Å²) in [4.78, 5) is 12.9. The van der Waals surface area contributed by atoms with Gasteiger partial charge in [-0.15, -0.1) is 0 Å². The highest BCUT2D eigenvalue weighted by atomic mass is 28.5. The van der Waals surface area contributed by atoms with Crippen molar-refractivity contribution in [3.63, 3.8) is 0 Å². The molecule has 0 spiro atoms. The van der Waals surface area contributed by atoms with Gasteiger partial charge < -0.3 is 20.9 Å². The fourth-order valence-corrected chi connectivity index (χ4v) is 23.3. The smallest absolute Gasteiger partial charge is 0.491 e. The third kappa shape index (κ3) is 9.92. The second-order valence-electron chi connectivity index (χ2n) is 14.5. The van der Waals surface area contributed by atoms with E-state index in [0.29, 0.717) is 0 Å². The standard InChI is InChI=1S/C26H60O6Si5/c1-19-22(4)36(23(5)20-2,28-24(27)21-3)32-37(29-33(12,13)14,30-34(15,16)25(6,7)8)31-35(17,18)26(9,10)11/h21-23H,3,19-20H2,1-2,4-18H3. The third-order valence-electron chi connectivity index (χ3n) is 8.11. The zero-order valence-electron chi connectivity index (χ0n) is 27.3. The Balaban J connectivity index is 7.58. The molecule has 0 aromatic carbocycles. The molecule has 0 saturated carbocycles. The minimum atomic E-state index is -3.86. The topological polar surface area (TPSA) is 63.2 Å². The monoisotopic (exact) mass is 608 g/mol. The van der Waals surface area contributed by atoms with E-state index in [1.807, 2.05) is 0 Å². The lowest BCUT2D eigenvalue weighted by atomic mass is 10.2.